The van der Waals surface area contributed by atoms with Crippen LogP contribution in [0.1, 0.15) is 16.2 Å². The molecule has 0 aliphatic heterocycles. The molecule has 1 amide bonds. The lowest BCUT2D eigenvalue weighted by Crippen LogP contribution is -2.24. The number of carbonyl (C=O) groups is 1. The molecule has 3 aromatic rings. The number of anilines is 1. The summed E-state index contributed by atoms with van der Waals surface area (Å²) >= 11 is 1.38. The van der Waals surface area contributed by atoms with Crippen LogP contribution in [-0.2, 0) is 13.6 Å². The van der Waals surface area contributed by atoms with Crippen molar-refractivity contribution in [1.82, 2.24) is 29.8 Å². The maximum Gasteiger partial charge on any atom is 0.271 e. The van der Waals surface area contributed by atoms with Gasteiger partial charge in [-0.05, 0) is 0 Å². The van der Waals surface area contributed by atoms with Crippen LogP contribution in [0.3, 0.4) is 0 Å². The summed E-state index contributed by atoms with van der Waals surface area (Å²) in [6.45, 7) is 0.393. The molecule has 3 rings (SSSR count). The number of aromatic amines is 1. The van der Waals surface area contributed by atoms with Crippen molar-refractivity contribution < 1.29 is 4.79 Å². The summed E-state index contributed by atoms with van der Waals surface area (Å²) in [7, 11) is 5.77. The Bertz CT molecular complexity index is 803. The minimum atomic E-state index is -0.216. The highest BCUT2D eigenvalue weighted by Crippen LogP contribution is 2.19. The second kappa shape index (κ2) is 6.21. The lowest BCUT2D eigenvalue weighted by molar-refractivity contribution is 0.0946. The Morgan fingerprint density at radius 2 is 2.26 bits per heavy atom. The quantitative estimate of drug-likeness (QED) is 0.734. The zero-order valence-electron chi connectivity index (χ0n) is 13.1. The molecule has 0 fully saturated rings. The minimum Gasteiger partial charge on any atom is -0.348 e. The third-order valence-electron chi connectivity index (χ3n) is 3.33. The third-order valence-corrected chi connectivity index (χ3v) is 4.18. The van der Waals surface area contributed by atoms with Gasteiger partial charge in [0.15, 0.2) is 10.8 Å². The molecule has 23 heavy (non-hydrogen) atoms. The van der Waals surface area contributed by atoms with Gasteiger partial charge in [0.05, 0.1) is 18.4 Å². The zero-order valence-corrected chi connectivity index (χ0v) is 13.9. The van der Waals surface area contributed by atoms with Gasteiger partial charge in [-0.2, -0.15) is 0 Å². The molecule has 3 aromatic heterocycles. The summed E-state index contributed by atoms with van der Waals surface area (Å²) in [6.07, 6.45) is 5.13. The van der Waals surface area contributed by atoms with Crippen LogP contribution in [0, 0.1) is 0 Å². The van der Waals surface area contributed by atoms with Crippen LogP contribution in [0.4, 0.5) is 5.95 Å². The predicted octanol–water partition coefficient (Wildman–Crippen LogP) is 1.26. The van der Waals surface area contributed by atoms with E-state index < -0.39 is 0 Å². The summed E-state index contributed by atoms with van der Waals surface area (Å²) in [5.74, 6) is 1.28. The summed E-state index contributed by atoms with van der Waals surface area (Å²) in [5, 5.41) is 5.28. The summed E-state index contributed by atoms with van der Waals surface area (Å²) in [6, 6.07) is 0. The van der Waals surface area contributed by atoms with Crippen molar-refractivity contribution >= 4 is 23.2 Å². The van der Waals surface area contributed by atoms with Gasteiger partial charge in [-0.25, -0.2) is 15.0 Å². The Hall–Kier alpha value is -2.68. The first kappa shape index (κ1) is 15.2. The number of thiazole rings is 1. The first-order chi connectivity index (χ1) is 11.1. The second-order valence-electron chi connectivity index (χ2n) is 5.16. The summed E-state index contributed by atoms with van der Waals surface area (Å²) in [5.41, 5.74) is 1.31. The Morgan fingerprint density at radius 3 is 2.91 bits per heavy atom. The molecule has 120 valence electrons. The number of nitrogens with zero attached hydrogens (tertiary/aromatic N) is 5. The Morgan fingerprint density at radius 1 is 1.43 bits per heavy atom. The van der Waals surface area contributed by atoms with Crippen LogP contribution < -0.4 is 10.2 Å². The van der Waals surface area contributed by atoms with E-state index in [1.165, 1.54) is 11.3 Å². The molecule has 2 N–H and O–H groups in total. The van der Waals surface area contributed by atoms with E-state index in [1.807, 2.05) is 30.6 Å². The predicted molar refractivity (Wildman–Crippen MR) is 88.4 cm³/mol. The molecule has 0 bridgehead atoms. The highest BCUT2D eigenvalue weighted by molar-refractivity contribution is 7.13. The van der Waals surface area contributed by atoms with Gasteiger partial charge in [0.25, 0.3) is 5.91 Å². The highest BCUT2D eigenvalue weighted by Gasteiger charge is 2.14. The van der Waals surface area contributed by atoms with E-state index in [1.54, 1.807) is 24.0 Å². The van der Waals surface area contributed by atoms with Crippen molar-refractivity contribution in [2.75, 3.05) is 19.0 Å². The van der Waals surface area contributed by atoms with Crippen LogP contribution in [-0.4, -0.2) is 44.5 Å². The molecule has 0 atom stereocenters. The SMILES string of the molecule is CN(C)c1ncc(CNC(=O)c2csc(-c3ncc[nH]3)n2)n1C. The maximum atomic E-state index is 12.2. The molecule has 0 saturated heterocycles. The number of rotatable bonds is 5. The molecule has 0 aromatic carbocycles. The van der Waals surface area contributed by atoms with Crippen molar-refractivity contribution in [3.8, 4) is 10.8 Å². The van der Waals surface area contributed by atoms with E-state index in [4.69, 9.17) is 0 Å². The van der Waals surface area contributed by atoms with E-state index in [0.29, 0.717) is 23.1 Å². The number of amides is 1. The van der Waals surface area contributed by atoms with E-state index in [9.17, 15) is 4.79 Å². The lowest BCUT2D eigenvalue weighted by atomic mass is 10.4. The minimum absolute atomic E-state index is 0.216. The molecule has 0 aliphatic rings. The molecule has 0 spiro atoms. The average molecular weight is 331 g/mol. The largest absolute Gasteiger partial charge is 0.348 e. The van der Waals surface area contributed by atoms with Crippen molar-refractivity contribution in [3.63, 3.8) is 0 Å². The van der Waals surface area contributed by atoms with Crippen molar-refractivity contribution in [3.05, 3.63) is 35.4 Å². The number of aromatic nitrogens is 5. The van der Waals surface area contributed by atoms with Gasteiger partial charge < -0.3 is 19.8 Å². The number of hydrogen-bond acceptors (Lipinski definition) is 6. The van der Waals surface area contributed by atoms with Crippen LogP contribution in [0.25, 0.3) is 10.8 Å². The lowest BCUT2D eigenvalue weighted by Gasteiger charge is -2.12. The van der Waals surface area contributed by atoms with Crippen molar-refractivity contribution in [2.45, 2.75) is 6.54 Å². The number of H-pyrrole nitrogens is 1. The normalized spacial score (nSPS) is 10.7. The standard InChI is InChI=1S/C14H17N7OS/c1-20(2)14-18-7-9(21(14)3)6-17-12(22)10-8-23-13(19-10)11-15-4-5-16-11/h4-5,7-8H,6H2,1-3H3,(H,15,16)(H,17,22). The van der Waals surface area contributed by atoms with Gasteiger partial charge in [-0.1, -0.05) is 0 Å². The number of hydrogen-bond donors (Lipinski definition) is 2. The summed E-state index contributed by atoms with van der Waals surface area (Å²) < 4.78 is 1.94. The molecule has 3 heterocycles. The number of carbonyl (C=O) groups excluding carboxylic acids is 1. The molecule has 9 heteroatoms. The fraction of sp³-hybridized carbons (Fsp3) is 0.286. The zero-order chi connectivity index (χ0) is 16.4. The molecular formula is C14H17N7OS. The molecule has 0 saturated carbocycles. The Labute approximate surface area is 137 Å². The summed E-state index contributed by atoms with van der Waals surface area (Å²) in [4.78, 5) is 29.9. The van der Waals surface area contributed by atoms with Gasteiger partial charge in [-0.3, -0.25) is 4.79 Å². The van der Waals surface area contributed by atoms with Crippen LogP contribution in [0.5, 0.6) is 0 Å². The monoisotopic (exact) mass is 331 g/mol. The van der Waals surface area contributed by atoms with Crippen LogP contribution >= 0.6 is 11.3 Å². The number of nitrogens with one attached hydrogen (secondary N) is 2. The van der Waals surface area contributed by atoms with Gasteiger partial charge in [0, 0.05) is 38.9 Å². The van der Waals surface area contributed by atoms with Gasteiger partial charge in [-0.15, -0.1) is 11.3 Å². The van der Waals surface area contributed by atoms with E-state index in [2.05, 4.69) is 25.3 Å². The first-order valence-electron chi connectivity index (χ1n) is 6.97. The average Bonchev–Trinajstić information content (AvgIpc) is 3.25. The number of imidazole rings is 2. The molecule has 8 nitrogen and oxygen atoms in total. The van der Waals surface area contributed by atoms with Crippen LogP contribution in [0.15, 0.2) is 24.0 Å². The topological polar surface area (TPSA) is 91.7 Å². The van der Waals surface area contributed by atoms with Gasteiger partial charge >= 0.3 is 0 Å². The van der Waals surface area contributed by atoms with Crippen molar-refractivity contribution in [1.29, 1.82) is 0 Å². The van der Waals surface area contributed by atoms with E-state index in [-0.39, 0.29) is 5.91 Å². The fourth-order valence-corrected chi connectivity index (χ4v) is 2.90. The molecule has 0 aliphatic carbocycles. The van der Waals surface area contributed by atoms with Gasteiger partial charge in [0.1, 0.15) is 5.69 Å². The van der Waals surface area contributed by atoms with E-state index in [0.717, 1.165) is 11.6 Å². The van der Waals surface area contributed by atoms with E-state index >= 15 is 0 Å². The molecular weight excluding hydrogens is 314 g/mol. The fourth-order valence-electron chi connectivity index (χ4n) is 2.14. The van der Waals surface area contributed by atoms with Gasteiger partial charge in [0.2, 0.25) is 5.95 Å². The van der Waals surface area contributed by atoms with Crippen LogP contribution in [0.2, 0.25) is 0 Å². The highest BCUT2D eigenvalue weighted by atomic mass is 32.1. The second-order valence-corrected chi connectivity index (χ2v) is 6.02. The molecule has 0 unspecified atom stereocenters. The smallest absolute Gasteiger partial charge is 0.271 e. The third kappa shape index (κ3) is 3.09. The maximum absolute atomic E-state index is 12.2. The Balaban J connectivity index is 1.66. The first-order valence-corrected chi connectivity index (χ1v) is 7.85. The Kier molecular flexibility index (Phi) is 4.11. The molecule has 0 radical (unpaired) electrons. The van der Waals surface area contributed by atoms with Crippen molar-refractivity contribution in [2.24, 2.45) is 7.05 Å².